The minimum Gasteiger partial charge on any atom is -0.398 e. The number of aryl methyl sites for hydroxylation is 3. The number of thiazole rings is 1. The first-order valence-corrected chi connectivity index (χ1v) is 8.74. The number of aromatic nitrogens is 1. The van der Waals surface area contributed by atoms with Crippen LogP contribution in [0, 0.1) is 12.7 Å². The van der Waals surface area contributed by atoms with Crippen LogP contribution in [0.2, 0.25) is 0 Å². The molecular formula is C13H14FN3O2S2. The first-order chi connectivity index (χ1) is 9.87. The summed E-state index contributed by atoms with van der Waals surface area (Å²) in [7, 11) is -4.03. The summed E-state index contributed by atoms with van der Waals surface area (Å²) in [5, 5.41) is 0.276. The molecule has 1 aliphatic rings. The van der Waals surface area contributed by atoms with E-state index in [0.29, 0.717) is 5.56 Å². The number of nitrogens with zero attached hydrogens (tertiary/aromatic N) is 1. The summed E-state index contributed by atoms with van der Waals surface area (Å²) in [5.74, 6) is -0.821. The Labute approximate surface area is 126 Å². The molecule has 0 spiro atoms. The fraction of sp³-hybridized carbons (Fsp3) is 0.308. The van der Waals surface area contributed by atoms with Gasteiger partial charge in [0.05, 0.1) is 5.69 Å². The van der Waals surface area contributed by atoms with Gasteiger partial charge < -0.3 is 5.73 Å². The van der Waals surface area contributed by atoms with Crippen LogP contribution in [0.5, 0.6) is 0 Å². The fourth-order valence-corrected chi connectivity index (χ4v) is 4.66. The lowest BCUT2D eigenvalue weighted by molar-refractivity contribution is 0.570. The van der Waals surface area contributed by atoms with E-state index >= 15 is 0 Å². The lowest BCUT2D eigenvalue weighted by Crippen LogP contribution is -2.15. The molecule has 0 bridgehead atoms. The Kier molecular flexibility index (Phi) is 3.37. The summed E-state index contributed by atoms with van der Waals surface area (Å²) in [6.07, 6.45) is 2.82. The van der Waals surface area contributed by atoms with Crippen molar-refractivity contribution in [1.82, 2.24) is 4.98 Å². The van der Waals surface area contributed by atoms with Crippen LogP contribution < -0.4 is 10.5 Å². The van der Waals surface area contributed by atoms with Crippen LogP contribution in [0.3, 0.4) is 0 Å². The number of benzene rings is 1. The topological polar surface area (TPSA) is 85.1 Å². The van der Waals surface area contributed by atoms with Crippen LogP contribution in [0.1, 0.15) is 22.6 Å². The predicted octanol–water partition coefficient (Wildman–Crippen LogP) is 2.46. The highest BCUT2D eigenvalue weighted by molar-refractivity contribution is 7.93. The highest BCUT2D eigenvalue weighted by Crippen LogP contribution is 2.32. The number of rotatable bonds is 3. The van der Waals surface area contributed by atoms with Crippen LogP contribution in [-0.2, 0) is 22.9 Å². The molecule has 3 N–H and O–H groups in total. The minimum absolute atomic E-state index is 0.235. The van der Waals surface area contributed by atoms with Crippen LogP contribution >= 0.6 is 11.3 Å². The maximum atomic E-state index is 13.9. The van der Waals surface area contributed by atoms with E-state index < -0.39 is 20.7 Å². The summed E-state index contributed by atoms with van der Waals surface area (Å²) in [6.45, 7) is 1.62. The first kappa shape index (κ1) is 14.3. The van der Waals surface area contributed by atoms with E-state index in [0.717, 1.165) is 42.0 Å². The zero-order chi connectivity index (χ0) is 15.2. The molecule has 5 nitrogen and oxygen atoms in total. The van der Waals surface area contributed by atoms with Gasteiger partial charge in [-0.05, 0) is 43.9 Å². The average molecular weight is 327 g/mol. The summed E-state index contributed by atoms with van der Waals surface area (Å²) in [6, 6.07) is 2.25. The number of fused-ring (bicyclic) bond motifs is 1. The smallest absolute Gasteiger partial charge is 0.266 e. The van der Waals surface area contributed by atoms with E-state index in [1.807, 2.05) is 0 Å². The van der Waals surface area contributed by atoms with Gasteiger partial charge in [0.2, 0.25) is 0 Å². The van der Waals surface area contributed by atoms with Crippen molar-refractivity contribution >= 4 is 32.2 Å². The molecule has 2 aromatic rings. The lowest BCUT2D eigenvalue weighted by Gasteiger charge is -2.09. The molecule has 1 aromatic carbocycles. The van der Waals surface area contributed by atoms with Gasteiger partial charge in [-0.1, -0.05) is 0 Å². The molecule has 1 heterocycles. The Balaban J connectivity index is 1.95. The lowest BCUT2D eigenvalue weighted by atomic mass is 10.2. The Morgan fingerprint density at radius 3 is 2.86 bits per heavy atom. The van der Waals surface area contributed by atoms with Gasteiger partial charge in [0.25, 0.3) is 10.0 Å². The first-order valence-electron chi connectivity index (χ1n) is 6.44. The van der Waals surface area contributed by atoms with Crippen LogP contribution in [0.15, 0.2) is 17.0 Å². The van der Waals surface area contributed by atoms with E-state index in [1.54, 1.807) is 6.92 Å². The number of hydrogen-bond acceptors (Lipinski definition) is 5. The third kappa shape index (κ3) is 2.60. The van der Waals surface area contributed by atoms with Crippen molar-refractivity contribution in [2.75, 3.05) is 10.5 Å². The molecule has 8 heteroatoms. The summed E-state index contributed by atoms with van der Waals surface area (Å²) in [5.41, 5.74) is 7.33. The van der Waals surface area contributed by atoms with Gasteiger partial charge in [0.15, 0.2) is 5.13 Å². The van der Waals surface area contributed by atoms with Crippen molar-refractivity contribution < 1.29 is 12.8 Å². The van der Waals surface area contributed by atoms with Crippen molar-refractivity contribution in [3.05, 3.63) is 34.1 Å². The third-order valence-electron chi connectivity index (χ3n) is 3.43. The summed E-state index contributed by atoms with van der Waals surface area (Å²) in [4.78, 5) is 4.88. The van der Waals surface area contributed by atoms with Crippen LogP contribution in [-0.4, -0.2) is 13.4 Å². The quantitative estimate of drug-likeness (QED) is 0.848. The normalized spacial score (nSPS) is 14.2. The molecule has 0 saturated heterocycles. The molecule has 21 heavy (non-hydrogen) atoms. The maximum absolute atomic E-state index is 13.9. The standard InChI is InChI=1S/C13H14FN3O2S2/c1-7-5-8(14)12(6-9(7)15)21(18,19)17-13-16-10-3-2-4-11(10)20-13/h5-6H,2-4,15H2,1H3,(H,16,17). The molecule has 0 radical (unpaired) electrons. The molecule has 112 valence electrons. The van der Waals surface area contributed by atoms with Crippen LogP contribution in [0.25, 0.3) is 0 Å². The van der Waals surface area contributed by atoms with E-state index in [1.165, 1.54) is 11.3 Å². The largest absolute Gasteiger partial charge is 0.398 e. The Hall–Kier alpha value is -1.67. The number of sulfonamides is 1. The molecule has 0 amide bonds. The number of nitrogens with one attached hydrogen (secondary N) is 1. The number of halogens is 1. The van der Waals surface area contributed by atoms with Crippen molar-refractivity contribution in [3.8, 4) is 0 Å². The van der Waals surface area contributed by atoms with Gasteiger partial charge in [-0.3, -0.25) is 4.72 Å². The highest BCUT2D eigenvalue weighted by atomic mass is 32.2. The molecule has 1 aromatic heterocycles. The van der Waals surface area contributed by atoms with Gasteiger partial charge in [0.1, 0.15) is 10.7 Å². The molecule has 3 rings (SSSR count). The summed E-state index contributed by atoms with van der Waals surface area (Å²) >= 11 is 1.30. The van der Waals surface area contributed by atoms with Gasteiger partial charge in [-0.15, -0.1) is 11.3 Å². The third-order valence-corrected chi connectivity index (χ3v) is 5.98. The molecule has 0 aliphatic heterocycles. The van der Waals surface area contributed by atoms with Gasteiger partial charge in [-0.25, -0.2) is 17.8 Å². The van der Waals surface area contributed by atoms with Gasteiger partial charge >= 0.3 is 0 Å². The van der Waals surface area contributed by atoms with E-state index in [-0.39, 0.29) is 10.8 Å². The molecule has 0 unspecified atom stereocenters. The Morgan fingerprint density at radius 1 is 1.38 bits per heavy atom. The van der Waals surface area contributed by atoms with Crippen molar-refractivity contribution in [3.63, 3.8) is 0 Å². The molecule has 0 fully saturated rings. The number of nitrogens with two attached hydrogens (primary N) is 1. The van der Waals surface area contributed by atoms with Gasteiger partial charge in [-0.2, -0.15) is 0 Å². The number of hydrogen-bond donors (Lipinski definition) is 2. The monoisotopic (exact) mass is 327 g/mol. The molecule has 1 aliphatic carbocycles. The predicted molar refractivity (Wildman–Crippen MR) is 80.5 cm³/mol. The SMILES string of the molecule is Cc1cc(F)c(S(=O)(=O)Nc2nc3c(s2)CCC3)cc1N. The van der Waals surface area contributed by atoms with E-state index in [4.69, 9.17) is 5.73 Å². The molecular weight excluding hydrogens is 313 g/mol. The summed E-state index contributed by atoms with van der Waals surface area (Å²) < 4.78 is 40.8. The van der Waals surface area contributed by atoms with E-state index in [2.05, 4.69) is 9.71 Å². The zero-order valence-electron chi connectivity index (χ0n) is 11.3. The highest BCUT2D eigenvalue weighted by Gasteiger charge is 2.24. The van der Waals surface area contributed by atoms with Crippen molar-refractivity contribution in [1.29, 1.82) is 0 Å². The average Bonchev–Trinajstić information content (AvgIpc) is 2.93. The second-order valence-corrected chi connectivity index (χ2v) is 7.72. The Morgan fingerprint density at radius 2 is 2.14 bits per heavy atom. The minimum atomic E-state index is -4.03. The number of nitrogen functional groups attached to an aromatic ring is 1. The second-order valence-electron chi connectivity index (χ2n) is 4.99. The zero-order valence-corrected chi connectivity index (χ0v) is 12.9. The Bertz CT molecular complexity index is 794. The fourth-order valence-electron chi connectivity index (χ4n) is 2.28. The second kappa shape index (κ2) is 4.96. The van der Waals surface area contributed by atoms with E-state index in [9.17, 15) is 12.8 Å². The van der Waals surface area contributed by atoms with Crippen LogP contribution in [0.4, 0.5) is 15.2 Å². The molecule has 0 atom stereocenters. The van der Waals surface area contributed by atoms with Crippen molar-refractivity contribution in [2.24, 2.45) is 0 Å². The maximum Gasteiger partial charge on any atom is 0.266 e. The molecule has 0 saturated carbocycles. The number of anilines is 2. The van der Waals surface area contributed by atoms with Crippen molar-refractivity contribution in [2.45, 2.75) is 31.1 Å². The van der Waals surface area contributed by atoms with Gasteiger partial charge in [0, 0.05) is 10.6 Å².